The first-order valence-corrected chi connectivity index (χ1v) is 2.09. The molecule has 0 atom stereocenters. The third-order valence-corrected chi connectivity index (χ3v) is 0.467. The van der Waals surface area contributed by atoms with Gasteiger partial charge in [-0.25, -0.2) is 0 Å². The van der Waals surface area contributed by atoms with Gasteiger partial charge >= 0.3 is 5.97 Å². The molecule has 0 aliphatic heterocycles. The molecule has 4 N–H and O–H groups in total. The SMILES string of the molecule is N/C=C\NCC(=O)O. The number of carbonyl (C=O) groups is 1. The second kappa shape index (κ2) is 3.98. The number of hydrogen-bond acceptors (Lipinski definition) is 3. The van der Waals surface area contributed by atoms with Crippen LogP contribution in [0.2, 0.25) is 0 Å². The third kappa shape index (κ3) is 4.81. The van der Waals surface area contributed by atoms with Crippen molar-refractivity contribution in [3.05, 3.63) is 12.4 Å². The number of nitrogens with one attached hydrogen (secondary N) is 1. The summed E-state index contributed by atoms with van der Waals surface area (Å²) in [4.78, 5) is 9.74. The predicted molar refractivity (Wildman–Crippen MR) is 29.0 cm³/mol. The highest BCUT2D eigenvalue weighted by Gasteiger charge is 1.87. The van der Waals surface area contributed by atoms with Crippen molar-refractivity contribution in [2.75, 3.05) is 6.54 Å². The molecule has 0 rings (SSSR count). The van der Waals surface area contributed by atoms with Crippen molar-refractivity contribution in [1.29, 1.82) is 0 Å². The van der Waals surface area contributed by atoms with E-state index in [1.807, 2.05) is 0 Å². The number of aliphatic carboxylic acids is 1. The van der Waals surface area contributed by atoms with Gasteiger partial charge in [0.25, 0.3) is 0 Å². The van der Waals surface area contributed by atoms with Crippen LogP contribution in [0, 0.1) is 0 Å². The standard InChI is InChI=1S/C4H8N2O2/c5-1-2-6-3-4(7)8/h1-2,6H,3,5H2,(H,7,8)/b2-1-. The molecule has 0 unspecified atom stereocenters. The molecule has 0 aromatic heterocycles. The monoisotopic (exact) mass is 116 g/mol. The fourth-order valence-corrected chi connectivity index (χ4v) is 0.214. The molecular formula is C4H8N2O2. The summed E-state index contributed by atoms with van der Waals surface area (Å²) in [6, 6.07) is 0. The van der Waals surface area contributed by atoms with Crippen molar-refractivity contribution in [3.63, 3.8) is 0 Å². The predicted octanol–water partition coefficient (Wildman–Crippen LogP) is -0.909. The minimum Gasteiger partial charge on any atom is -0.480 e. The van der Waals surface area contributed by atoms with Crippen LogP contribution in [0.1, 0.15) is 0 Å². The Labute approximate surface area is 47.0 Å². The summed E-state index contributed by atoms with van der Waals surface area (Å²) in [7, 11) is 0. The Morgan fingerprint density at radius 1 is 1.88 bits per heavy atom. The molecule has 46 valence electrons. The lowest BCUT2D eigenvalue weighted by Crippen LogP contribution is -2.16. The molecule has 8 heavy (non-hydrogen) atoms. The average Bonchev–Trinajstić information content (AvgIpc) is 1.66. The molecule has 0 saturated heterocycles. The van der Waals surface area contributed by atoms with Gasteiger partial charge in [-0.05, 0) is 0 Å². The van der Waals surface area contributed by atoms with E-state index in [0.29, 0.717) is 0 Å². The number of nitrogens with two attached hydrogens (primary N) is 1. The van der Waals surface area contributed by atoms with Crippen LogP contribution in [-0.4, -0.2) is 17.6 Å². The molecular weight excluding hydrogens is 108 g/mol. The van der Waals surface area contributed by atoms with Gasteiger partial charge < -0.3 is 16.2 Å². The summed E-state index contributed by atoms with van der Waals surface area (Å²) in [5.41, 5.74) is 4.88. The first-order valence-electron chi connectivity index (χ1n) is 2.09. The van der Waals surface area contributed by atoms with Crippen molar-refractivity contribution in [2.24, 2.45) is 5.73 Å². The molecule has 0 radical (unpaired) electrons. The highest BCUT2D eigenvalue weighted by molar-refractivity contribution is 5.69. The van der Waals surface area contributed by atoms with Crippen LogP contribution in [0.3, 0.4) is 0 Å². The van der Waals surface area contributed by atoms with Crippen molar-refractivity contribution >= 4 is 5.97 Å². The van der Waals surface area contributed by atoms with Crippen LogP contribution in [0.4, 0.5) is 0 Å². The Bertz CT molecular complexity index is 100. The van der Waals surface area contributed by atoms with Gasteiger partial charge in [-0.3, -0.25) is 4.79 Å². The van der Waals surface area contributed by atoms with E-state index in [1.54, 1.807) is 0 Å². The molecule has 4 nitrogen and oxygen atoms in total. The Hall–Kier alpha value is -1.19. The summed E-state index contributed by atoms with van der Waals surface area (Å²) in [5, 5.41) is 10.4. The van der Waals surface area contributed by atoms with Crippen LogP contribution >= 0.6 is 0 Å². The van der Waals surface area contributed by atoms with Gasteiger partial charge in [0.15, 0.2) is 0 Å². The van der Waals surface area contributed by atoms with E-state index in [-0.39, 0.29) is 6.54 Å². The number of rotatable bonds is 3. The smallest absolute Gasteiger partial charge is 0.322 e. The largest absolute Gasteiger partial charge is 0.480 e. The van der Waals surface area contributed by atoms with Gasteiger partial charge in [0, 0.05) is 12.4 Å². The molecule has 0 aliphatic rings. The summed E-state index contributed by atoms with van der Waals surface area (Å²) < 4.78 is 0. The van der Waals surface area contributed by atoms with Crippen molar-refractivity contribution < 1.29 is 9.90 Å². The van der Waals surface area contributed by atoms with E-state index in [9.17, 15) is 4.79 Å². The molecule has 0 aromatic rings. The van der Waals surface area contributed by atoms with Crippen molar-refractivity contribution in [2.45, 2.75) is 0 Å². The zero-order valence-electron chi connectivity index (χ0n) is 4.29. The Morgan fingerprint density at radius 2 is 2.50 bits per heavy atom. The lowest BCUT2D eigenvalue weighted by molar-refractivity contribution is -0.135. The molecule has 0 aromatic carbocycles. The summed E-state index contributed by atoms with van der Waals surface area (Å²) in [6.45, 7) is -0.0896. The lowest BCUT2D eigenvalue weighted by Gasteiger charge is -1.89. The molecule has 0 fully saturated rings. The van der Waals surface area contributed by atoms with E-state index in [4.69, 9.17) is 10.8 Å². The zero-order chi connectivity index (χ0) is 6.41. The summed E-state index contributed by atoms with van der Waals surface area (Å²) >= 11 is 0. The fraction of sp³-hybridized carbons (Fsp3) is 0.250. The van der Waals surface area contributed by atoms with E-state index in [2.05, 4.69) is 5.32 Å². The highest BCUT2D eigenvalue weighted by Crippen LogP contribution is 1.58. The quantitative estimate of drug-likeness (QED) is 0.446. The van der Waals surface area contributed by atoms with Crippen LogP contribution < -0.4 is 11.1 Å². The maximum Gasteiger partial charge on any atom is 0.322 e. The maximum absolute atomic E-state index is 9.74. The third-order valence-electron chi connectivity index (χ3n) is 0.467. The minimum absolute atomic E-state index is 0.0896. The number of carboxylic acid groups (broad SMARTS) is 1. The fourth-order valence-electron chi connectivity index (χ4n) is 0.214. The molecule has 0 amide bonds. The van der Waals surface area contributed by atoms with Crippen LogP contribution in [0.25, 0.3) is 0 Å². The van der Waals surface area contributed by atoms with Gasteiger partial charge in [-0.15, -0.1) is 0 Å². The Kier molecular flexibility index (Phi) is 3.39. The van der Waals surface area contributed by atoms with Crippen LogP contribution in [0.15, 0.2) is 12.4 Å². The zero-order valence-corrected chi connectivity index (χ0v) is 4.29. The minimum atomic E-state index is -0.900. The molecule has 0 saturated carbocycles. The molecule has 4 heteroatoms. The van der Waals surface area contributed by atoms with Crippen LogP contribution in [-0.2, 0) is 4.79 Å². The second-order valence-electron chi connectivity index (χ2n) is 1.13. The summed E-state index contributed by atoms with van der Waals surface area (Å²) in [6.07, 6.45) is 2.61. The van der Waals surface area contributed by atoms with E-state index < -0.39 is 5.97 Å². The highest BCUT2D eigenvalue weighted by atomic mass is 16.4. The van der Waals surface area contributed by atoms with E-state index in [1.165, 1.54) is 12.4 Å². The van der Waals surface area contributed by atoms with E-state index >= 15 is 0 Å². The normalized spacial score (nSPS) is 9.50. The lowest BCUT2D eigenvalue weighted by atomic mass is 10.6. The Balaban J connectivity index is 3.05. The van der Waals surface area contributed by atoms with Gasteiger partial charge in [0.2, 0.25) is 0 Å². The van der Waals surface area contributed by atoms with Crippen molar-refractivity contribution in [1.82, 2.24) is 5.32 Å². The molecule has 0 bridgehead atoms. The van der Waals surface area contributed by atoms with Crippen molar-refractivity contribution in [3.8, 4) is 0 Å². The van der Waals surface area contributed by atoms with Gasteiger partial charge in [-0.2, -0.15) is 0 Å². The van der Waals surface area contributed by atoms with Gasteiger partial charge in [-0.1, -0.05) is 0 Å². The van der Waals surface area contributed by atoms with Gasteiger partial charge in [0.1, 0.15) is 6.54 Å². The number of carboxylic acids is 1. The Morgan fingerprint density at radius 3 is 2.88 bits per heavy atom. The summed E-state index contributed by atoms with van der Waals surface area (Å²) in [5.74, 6) is -0.900. The maximum atomic E-state index is 9.74. The molecule has 0 aliphatic carbocycles. The first kappa shape index (κ1) is 6.81. The first-order chi connectivity index (χ1) is 3.77. The average molecular weight is 116 g/mol. The topological polar surface area (TPSA) is 75.3 Å². The number of hydrogen-bond donors (Lipinski definition) is 3. The second-order valence-corrected chi connectivity index (χ2v) is 1.13. The van der Waals surface area contributed by atoms with E-state index in [0.717, 1.165) is 0 Å². The van der Waals surface area contributed by atoms with Crippen LogP contribution in [0.5, 0.6) is 0 Å². The molecule has 0 spiro atoms. The molecule has 0 heterocycles. The van der Waals surface area contributed by atoms with Gasteiger partial charge in [0.05, 0.1) is 0 Å².